The molecule has 0 saturated carbocycles. The van der Waals surface area contributed by atoms with Crippen LogP contribution in [0.25, 0.3) is 10.8 Å². The molecule has 5 N–H and O–H groups in total. The number of aliphatic hydroxyl groups is 2. The molecule has 0 aliphatic carbocycles. The molecule has 0 aliphatic heterocycles. The van der Waals surface area contributed by atoms with Gasteiger partial charge < -0.3 is 25.7 Å². The third-order valence-electron chi connectivity index (χ3n) is 5.17. The van der Waals surface area contributed by atoms with Gasteiger partial charge in [0.25, 0.3) is 0 Å². The Bertz CT molecular complexity index is 984. The molecule has 3 aromatic rings. The summed E-state index contributed by atoms with van der Waals surface area (Å²) in [5.74, 6) is -3.54. The van der Waals surface area contributed by atoms with Crippen LogP contribution < -0.4 is 5.32 Å². The van der Waals surface area contributed by atoms with E-state index < -0.39 is 24.1 Å². The van der Waals surface area contributed by atoms with Crippen LogP contribution in [0, 0.1) is 0 Å². The van der Waals surface area contributed by atoms with Gasteiger partial charge in [0.2, 0.25) is 0 Å². The first-order valence-electron chi connectivity index (χ1n) is 10.4. The van der Waals surface area contributed by atoms with Gasteiger partial charge in [-0.15, -0.1) is 0 Å². The molecule has 0 aliphatic rings. The van der Waals surface area contributed by atoms with Crippen molar-refractivity contribution in [3.05, 3.63) is 83.9 Å². The van der Waals surface area contributed by atoms with Crippen LogP contribution in [-0.4, -0.2) is 51.6 Å². The number of carboxylic acid groups (broad SMARTS) is 2. The van der Waals surface area contributed by atoms with Gasteiger partial charge in [-0.05, 0) is 48.2 Å². The zero-order valence-corrected chi connectivity index (χ0v) is 17.9. The quantitative estimate of drug-likeness (QED) is 0.347. The first kappa shape index (κ1) is 25.0. The normalized spacial score (nSPS) is 13.5. The van der Waals surface area contributed by atoms with Crippen LogP contribution in [0.15, 0.2) is 72.8 Å². The van der Waals surface area contributed by atoms with Gasteiger partial charge >= 0.3 is 11.9 Å². The fourth-order valence-electron chi connectivity index (χ4n) is 3.44. The highest BCUT2D eigenvalue weighted by Gasteiger charge is 2.29. The summed E-state index contributed by atoms with van der Waals surface area (Å²) in [5, 5.41) is 38.7. The average molecular weight is 440 g/mol. The maximum atomic E-state index is 9.77. The Morgan fingerprint density at radius 2 is 1.38 bits per heavy atom. The predicted molar refractivity (Wildman–Crippen MR) is 122 cm³/mol. The summed E-state index contributed by atoms with van der Waals surface area (Å²) in [6.07, 6.45) is -1.06. The zero-order valence-electron chi connectivity index (χ0n) is 17.9. The summed E-state index contributed by atoms with van der Waals surface area (Å²) in [4.78, 5) is 19.5. The van der Waals surface area contributed by atoms with E-state index in [1.165, 1.54) is 28.3 Å². The molecule has 0 radical (unpaired) electrons. The number of rotatable bonds is 9. The third kappa shape index (κ3) is 7.16. The highest BCUT2D eigenvalue weighted by atomic mass is 16.4. The molecule has 170 valence electrons. The van der Waals surface area contributed by atoms with Crippen molar-refractivity contribution in [2.45, 2.75) is 37.5 Å². The minimum Gasteiger partial charge on any atom is -0.479 e. The molecular formula is C25H29NO6. The molecule has 0 aromatic heterocycles. The molecule has 0 saturated heterocycles. The molecule has 0 heterocycles. The summed E-state index contributed by atoms with van der Waals surface area (Å²) >= 11 is 0. The lowest BCUT2D eigenvalue weighted by Gasteiger charge is -2.16. The van der Waals surface area contributed by atoms with E-state index in [4.69, 9.17) is 20.4 Å². The van der Waals surface area contributed by atoms with Crippen molar-refractivity contribution in [1.82, 2.24) is 5.32 Å². The lowest BCUT2D eigenvalue weighted by Crippen LogP contribution is -2.39. The minimum absolute atomic E-state index is 0.441. The number of fused-ring (bicyclic) bond motifs is 1. The number of aryl methyl sites for hydroxylation is 1. The Labute approximate surface area is 187 Å². The minimum atomic E-state index is -2.27. The second-order valence-electron chi connectivity index (χ2n) is 7.35. The number of carboxylic acids is 2. The molecule has 3 atom stereocenters. The van der Waals surface area contributed by atoms with Crippen LogP contribution in [0.5, 0.6) is 0 Å². The maximum Gasteiger partial charge on any atom is 0.335 e. The molecule has 32 heavy (non-hydrogen) atoms. The Morgan fingerprint density at radius 3 is 1.97 bits per heavy atom. The second kappa shape index (κ2) is 12.6. The molecule has 3 aromatic carbocycles. The van der Waals surface area contributed by atoms with E-state index in [0.29, 0.717) is 6.04 Å². The van der Waals surface area contributed by atoms with E-state index in [0.717, 1.165) is 12.8 Å². The predicted octanol–water partition coefficient (Wildman–Crippen LogP) is 3.00. The molecule has 0 bridgehead atoms. The average Bonchev–Trinajstić information content (AvgIpc) is 2.81. The van der Waals surface area contributed by atoms with Crippen LogP contribution in [0.4, 0.5) is 0 Å². The number of nitrogens with one attached hydrogen (secondary N) is 1. The standard InChI is InChI=1S/C21H23N.C4H6O6/c1-22-21(19-10-3-2-4-11-19)16-8-14-18-13-7-12-17-9-5-6-15-20(17)18;5-1(3(7)8)2(6)4(9)10/h2-7,9-13,15,21-22H,8,14,16H2,1H3;1-2,5-6H,(H,7,8)(H,9,10). The molecule has 3 rings (SSSR count). The number of benzene rings is 3. The Balaban J connectivity index is 0.000000309. The summed E-state index contributed by atoms with van der Waals surface area (Å²) in [7, 11) is 2.05. The second-order valence-corrected chi connectivity index (χ2v) is 7.35. The lowest BCUT2D eigenvalue weighted by molar-refractivity contribution is -0.165. The van der Waals surface area contributed by atoms with Crippen molar-refractivity contribution in [3.8, 4) is 0 Å². The van der Waals surface area contributed by atoms with Crippen LogP contribution in [0.3, 0.4) is 0 Å². The zero-order chi connectivity index (χ0) is 23.5. The largest absolute Gasteiger partial charge is 0.479 e. The van der Waals surface area contributed by atoms with Gasteiger partial charge in [-0.25, -0.2) is 9.59 Å². The molecular weight excluding hydrogens is 410 g/mol. The topological polar surface area (TPSA) is 127 Å². The van der Waals surface area contributed by atoms with Gasteiger partial charge in [0, 0.05) is 6.04 Å². The van der Waals surface area contributed by atoms with Gasteiger partial charge in [0.1, 0.15) is 0 Å². The van der Waals surface area contributed by atoms with E-state index in [2.05, 4.69) is 85.2 Å². The molecule has 7 heteroatoms. The number of hydrogen-bond acceptors (Lipinski definition) is 5. The number of aliphatic hydroxyl groups excluding tert-OH is 2. The summed E-state index contributed by atoms with van der Waals surface area (Å²) in [6.45, 7) is 0. The van der Waals surface area contributed by atoms with Crippen molar-refractivity contribution in [2.24, 2.45) is 0 Å². The first-order valence-corrected chi connectivity index (χ1v) is 10.4. The summed E-state index contributed by atoms with van der Waals surface area (Å²) < 4.78 is 0. The molecule has 7 nitrogen and oxygen atoms in total. The molecule has 0 spiro atoms. The van der Waals surface area contributed by atoms with Crippen LogP contribution in [0.1, 0.15) is 30.0 Å². The van der Waals surface area contributed by atoms with Crippen molar-refractivity contribution in [2.75, 3.05) is 7.05 Å². The van der Waals surface area contributed by atoms with Crippen molar-refractivity contribution >= 4 is 22.7 Å². The van der Waals surface area contributed by atoms with E-state index >= 15 is 0 Å². The van der Waals surface area contributed by atoms with E-state index in [1.807, 2.05) is 0 Å². The fourth-order valence-corrected chi connectivity index (χ4v) is 3.44. The highest BCUT2D eigenvalue weighted by Crippen LogP contribution is 2.23. The Hall–Kier alpha value is -3.26. The van der Waals surface area contributed by atoms with E-state index in [-0.39, 0.29) is 0 Å². The smallest absolute Gasteiger partial charge is 0.335 e. The monoisotopic (exact) mass is 439 g/mol. The van der Waals surface area contributed by atoms with Crippen LogP contribution >= 0.6 is 0 Å². The Kier molecular flexibility index (Phi) is 9.81. The van der Waals surface area contributed by atoms with Crippen molar-refractivity contribution in [3.63, 3.8) is 0 Å². The molecule has 0 amide bonds. The number of aliphatic carboxylic acids is 2. The number of hydrogen-bond donors (Lipinski definition) is 5. The maximum absolute atomic E-state index is 9.77. The SMILES string of the molecule is CNC(CCCc1cccc2ccccc12)c1ccccc1.O=C(O)C(O)C(O)C(=O)O. The van der Waals surface area contributed by atoms with E-state index in [9.17, 15) is 9.59 Å². The van der Waals surface area contributed by atoms with Gasteiger partial charge in [-0.3, -0.25) is 0 Å². The van der Waals surface area contributed by atoms with Crippen LogP contribution in [0.2, 0.25) is 0 Å². The van der Waals surface area contributed by atoms with Gasteiger partial charge in [0.05, 0.1) is 0 Å². The fraction of sp³-hybridized carbons (Fsp3) is 0.280. The summed E-state index contributed by atoms with van der Waals surface area (Å²) in [6, 6.07) is 26.5. The molecule has 3 unspecified atom stereocenters. The summed E-state index contributed by atoms with van der Waals surface area (Å²) in [5.41, 5.74) is 2.84. The van der Waals surface area contributed by atoms with Crippen molar-refractivity contribution < 1.29 is 30.0 Å². The third-order valence-corrected chi connectivity index (χ3v) is 5.17. The van der Waals surface area contributed by atoms with Gasteiger partial charge in [-0.2, -0.15) is 0 Å². The van der Waals surface area contributed by atoms with Gasteiger partial charge in [0.15, 0.2) is 12.2 Å². The van der Waals surface area contributed by atoms with Crippen molar-refractivity contribution in [1.29, 1.82) is 0 Å². The van der Waals surface area contributed by atoms with Crippen LogP contribution in [-0.2, 0) is 16.0 Å². The van der Waals surface area contributed by atoms with E-state index in [1.54, 1.807) is 0 Å². The first-order chi connectivity index (χ1) is 15.3. The molecule has 0 fully saturated rings. The lowest BCUT2D eigenvalue weighted by atomic mass is 9.96. The Morgan fingerprint density at radius 1 is 0.812 bits per heavy atom. The number of carbonyl (C=O) groups is 2. The van der Waals surface area contributed by atoms with Gasteiger partial charge in [-0.1, -0.05) is 72.8 Å². The highest BCUT2D eigenvalue weighted by molar-refractivity contribution is 5.85.